The van der Waals surface area contributed by atoms with Gasteiger partial charge in [-0.2, -0.15) is 13.2 Å². The van der Waals surface area contributed by atoms with E-state index in [0.717, 1.165) is 0 Å². The van der Waals surface area contributed by atoms with Crippen molar-refractivity contribution < 1.29 is 27.5 Å². The summed E-state index contributed by atoms with van der Waals surface area (Å²) in [4.78, 5) is 26.3. The van der Waals surface area contributed by atoms with Gasteiger partial charge in [-0.05, 0) is 35.9 Å². The molecule has 0 saturated heterocycles. The number of anilines is 1. The van der Waals surface area contributed by atoms with Gasteiger partial charge in [0.05, 0.1) is 18.4 Å². The Hall–Kier alpha value is -3.16. The molecular weight excluding hydrogens is 337 g/mol. The Bertz CT molecular complexity index is 800. The van der Waals surface area contributed by atoms with Gasteiger partial charge >= 0.3 is 18.1 Å². The van der Waals surface area contributed by atoms with E-state index < -0.39 is 18.1 Å². The number of methoxy groups -OCH3 is 1. The summed E-state index contributed by atoms with van der Waals surface area (Å²) in [6.07, 6.45) is -0.363. The van der Waals surface area contributed by atoms with Crippen LogP contribution in [0.4, 0.5) is 18.9 Å². The lowest BCUT2D eigenvalue weighted by Gasteiger charge is -2.08. The number of hydrogen-bond acceptors (Lipinski definition) is 4. The molecular formula is C17H13F3N2O3. The second kappa shape index (κ2) is 7.61. The van der Waals surface area contributed by atoms with Gasteiger partial charge in [0.25, 0.3) is 0 Å². The number of ether oxygens (including phenoxy) is 1. The van der Waals surface area contributed by atoms with E-state index in [9.17, 15) is 22.8 Å². The van der Waals surface area contributed by atoms with Crippen LogP contribution in [0, 0.1) is 0 Å². The van der Waals surface area contributed by atoms with Gasteiger partial charge < -0.3 is 10.1 Å². The van der Waals surface area contributed by atoms with E-state index in [1.54, 1.807) is 35.7 Å². The van der Waals surface area contributed by atoms with Gasteiger partial charge in [-0.15, -0.1) is 0 Å². The van der Waals surface area contributed by atoms with E-state index in [2.05, 4.69) is 9.72 Å². The molecule has 0 spiro atoms. The number of esters is 1. The van der Waals surface area contributed by atoms with Gasteiger partial charge in [0.2, 0.25) is 0 Å². The highest BCUT2D eigenvalue weighted by molar-refractivity contribution is 5.95. The first kappa shape index (κ1) is 18.2. The third kappa shape index (κ3) is 5.17. The van der Waals surface area contributed by atoms with Crippen LogP contribution >= 0.6 is 0 Å². The normalized spacial score (nSPS) is 11.4. The maximum Gasteiger partial charge on any atom is 0.471 e. The summed E-state index contributed by atoms with van der Waals surface area (Å²) in [7, 11) is 1.26. The lowest BCUT2D eigenvalue weighted by atomic mass is 10.1. The molecule has 1 N–H and O–H groups in total. The Balaban J connectivity index is 2.10. The molecule has 0 aliphatic heterocycles. The number of carbonyl (C=O) groups excluding carboxylic acids is 2. The van der Waals surface area contributed by atoms with Crippen molar-refractivity contribution in [2.45, 2.75) is 6.18 Å². The molecule has 0 saturated carbocycles. The van der Waals surface area contributed by atoms with E-state index >= 15 is 0 Å². The summed E-state index contributed by atoms with van der Waals surface area (Å²) in [5.41, 5.74) is 1.44. The standard InChI is InChI=1S/C17H13F3N2O3/c1-25-15(23)12-6-8-13(21-10-12)7-5-11-3-2-4-14(9-11)22-16(24)17(18,19)20/h2-10H,1H3,(H,22,24)/b7-5+. The number of carbonyl (C=O) groups is 2. The Labute approximate surface area is 141 Å². The van der Waals surface area contributed by atoms with E-state index in [1.807, 2.05) is 0 Å². The highest BCUT2D eigenvalue weighted by atomic mass is 19.4. The number of benzene rings is 1. The van der Waals surface area contributed by atoms with Crippen LogP contribution in [0.25, 0.3) is 12.2 Å². The number of amides is 1. The van der Waals surface area contributed by atoms with Crippen LogP contribution in [0.5, 0.6) is 0 Å². The van der Waals surface area contributed by atoms with E-state index in [1.165, 1.54) is 31.5 Å². The average Bonchev–Trinajstić information content (AvgIpc) is 2.59. The van der Waals surface area contributed by atoms with Crippen LogP contribution in [0.2, 0.25) is 0 Å². The molecule has 130 valence electrons. The molecule has 2 rings (SSSR count). The molecule has 0 bridgehead atoms. The zero-order chi connectivity index (χ0) is 18.4. The SMILES string of the molecule is COC(=O)c1ccc(/C=C/c2cccc(NC(=O)C(F)(F)F)c2)nc1. The van der Waals surface area contributed by atoms with Gasteiger partial charge in [0, 0.05) is 11.9 Å². The number of nitrogens with one attached hydrogen (secondary N) is 1. The minimum atomic E-state index is -4.95. The number of aromatic nitrogens is 1. The zero-order valence-corrected chi connectivity index (χ0v) is 13.0. The molecule has 0 unspecified atom stereocenters. The monoisotopic (exact) mass is 350 g/mol. The van der Waals surface area contributed by atoms with Crippen molar-refractivity contribution >= 4 is 29.7 Å². The van der Waals surface area contributed by atoms with Gasteiger partial charge in [-0.1, -0.05) is 18.2 Å². The van der Waals surface area contributed by atoms with E-state index in [4.69, 9.17) is 0 Å². The molecule has 5 nitrogen and oxygen atoms in total. The van der Waals surface area contributed by atoms with Crippen molar-refractivity contribution in [2.24, 2.45) is 0 Å². The Morgan fingerprint density at radius 2 is 1.92 bits per heavy atom. The number of hydrogen-bond donors (Lipinski definition) is 1. The fourth-order valence-corrected chi connectivity index (χ4v) is 1.85. The number of halogens is 3. The summed E-state index contributed by atoms with van der Waals surface area (Å²) < 4.78 is 41.3. The second-order valence-electron chi connectivity index (χ2n) is 4.87. The maximum atomic E-state index is 12.3. The van der Waals surface area contributed by atoms with Crippen molar-refractivity contribution in [3.63, 3.8) is 0 Å². The Morgan fingerprint density at radius 1 is 1.16 bits per heavy atom. The number of pyridine rings is 1. The summed E-state index contributed by atoms with van der Waals surface area (Å²) in [6, 6.07) is 9.05. The van der Waals surface area contributed by atoms with Crippen LogP contribution < -0.4 is 5.32 Å². The molecule has 0 radical (unpaired) electrons. The van der Waals surface area contributed by atoms with Crippen molar-refractivity contribution in [1.82, 2.24) is 4.98 Å². The highest BCUT2D eigenvalue weighted by Crippen LogP contribution is 2.19. The van der Waals surface area contributed by atoms with Gasteiger partial charge in [-0.25, -0.2) is 4.79 Å². The van der Waals surface area contributed by atoms with Crippen LogP contribution in [0.3, 0.4) is 0 Å². The van der Waals surface area contributed by atoms with Crippen LogP contribution in [0.15, 0.2) is 42.6 Å². The number of nitrogens with zero attached hydrogens (tertiary/aromatic N) is 1. The topological polar surface area (TPSA) is 68.3 Å². The quantitative estimate of drug-likeness (QED) is 0.857. The molecule has 1 aromatic heterocycles. The average molecular weight is 350 g/mol. The van der Waals surface area contributed by atoms with Crippen molar-refractivity contribution in [3.8, 4) is 0 Å². The van der Waals surface area contributed by atoms with E-state index in [-0.39, 0.29) is 5.69 Å². The van der Waals surface area contributed by atoms with Gasteiger partial charge in [0.1, 0.15) is 0 Å². The number of rotatable bonds is 4. The third-order valence-corrected chi connectivity index (χ3v) is 3.06. The first-order valence-electron chi connectivity index (χ1n) is 7.00. The highest BCUT2D eigenvalue weighted by Gasteiger charge is 2.38. The number of alkyl halides is 3. The molecule has 8 heteroatoms. The fraction of sp³-hybridized carbons (Fsp3) is 0.118. The smallest absolute Gasteiger partial charge is 0.465 e. The third-order valence-electron chi connectivity index (χ3n) is 3.06. The van der Waals surface area contributed by atoms with E-state index in [0.29, 0.717) is 16.8 Å². The first-order chi connectivity index (χ1) is 11.8. The van der Waals surface area contributed by atoms with Crippen LogP contribution in [-0.4, -0.2) is 30.1 Å². The molecule has 0 aliphatic carbocycles. The molecule has 0 fully saturated rings. The zero-order valence-electron chi connectivity index (χ0n) is 13.0. The minimum absolute atomic E-state index is 0.0264. The minimum Gasteiger partial charge on any atom is -0.465 e. The molecule has 1 aromatic carbocycles. The lowest BCUT2D eigenvalue weighted by Crippen LogP contribution is -2.29. The molecule has 0 atom stereocenters. The first-order valence-corrected chi connectivity index (χ1v) is 7.00. The predicted octanol–water partition coefficient (Wildman–Crippen LogP) is 3.54. The Kier molecular flexibility index (Phi) is 5.53. The summed E-state index contributed by atoms with van der Waals surface area (Å²) in [5, 5.41) is 1.78. The molecule has 1 amide bonds. The molecule has 25 heavy (non-hydrogen) atoms. The maximum absolute atomic E-state index is 12.3. The van der Waals surface area contributed by atoms with Gasteiger partial charge in [0.15, 0.2) is 0 Å². The fourth-order valence-electron chi connectivity index (χ4n) is 1.85. The summed E-state index contributed by atoms with van der Waals surface area (Å²) in [6.45, 7) is 0. The van der Waals surface area contributed by atoms with Crippen LogP contribution in [-0.2, 0) is 9.53 Å². The Morgan fingerprint density at radius 3 is 2.52 bits per heavy atom. The van der Waals surface area contributed by atoms with Gasteiger partial charge in [-0.3, -0.25) is 9.78 Å². The predicted molar refractivity (Wildman–Crippen MR) is 85.6 cm³/mol. The summed E-state index contributed by atoms with van der Waals surface area (Å²) >= 11 is 0. The molecule has 2 aromatic rings. The van der Waals surface area contributed by atoms with Crippen LogP contribution in [0.1, 0.15) is 21.6 Å². The molecule has 0 aliphatic rings. The van der Waals surface area contributed by atoms with Crippen molar-refractivity contribution in [1.29, 1.82) is 0 Å². The van der Waals surface area contributed by atoms with Crippen molar-refractivity contribution in [3.05, 3.63) is 59.4 Å². The summed E-state index contributed by atoms with van der Waals surface area (Å²) in [5.74, 6) is -2.54. The van der Waals surface area contributed by atoms with Crippen molar-refractivity contribution in [2.75, 3.05) is 12.4 Å². The largest absolute Gasteiger partial charge is 0.471 e. The lowest BCUT2D eigenvalue weighted by molar-refractivity contribution is -0.167. The second-order valence-corrected chi connectivity index (χ2v) is 4.87. The molecule has 1 heterocycles.